The van der Waals surface area contributed by atoms with Crippen LogP contribution >= 0.6 is 0 Å². The Morgan fingerprint density at radius 3 is 2.48 bits per heavy atom. The molecule has 0 fully saturated rings. The van der Waals surface area contributed by atoms with Crippen LogP contribution in [0.2, 0.25) is 0 Å². The highest BCUT2D eigenvalue weighted by Gasteiger charge is 2.25. The van der Waals surface area contributed by atoms with Crippen LogP contribution in [0.15, 0.2) is 79.1 Å². The average Bonchev–Trinajstić information content (AvgIpc) is 3.24. The zero-order valence-corrected chi connectivity index (χ0v) is 21.5. The summed E-state index contributed by atoms with van der Waals surface area (Å²) in [5.74, 6) is -0.669. The van der Waals surface area contributed by atoms with Gasteiger partial charge < -0.3 is 20.4 Å². The number of nitriles is 1. The minimum Gasteiger partial charge on any atom is -0.439 e. The average molecular weight is 537 g/mol. The van der Waals surface area contributed by atoms with E-state index in [0.717, 1.165) is 6.20 Å². The highest BCUT2D eigenvalue weighted by atomic mass is 19.1. The predicted molar refractivity (Wildman–Crippen MR) is 148 cm³/mol. The lowest BCUT2D eigenvalue weighted by atomic mass is 9.97. The van der Waals surface area contributed by atoms with Crippen LogP contribution in [-0.2, 0) is 11.8 Å². The van der Waals surface area contributed by atoms with E-state index in [0.29, 0.717) is 33.5 Å². The second-order valence-electron chi connectivity index (χ2n) is 9.05. The molecule has 5 rings (SSSR count). The molecule has 3 N–H and O–H groups in total. The lowest BCUT2D eigenvalue weighted by Crippen LogP contribution is -2.12. The van der Waals surface area contributed by atoms with Gasteiger partial charge in [0.15, 0.2) is 0 Å². The maximum atomic E-state index is 15.7. The number of nitrogen functional groups attached to an aromatic ring is 1. The Labute approximate surface area is 228 Å². The molecule has 0 saturated heterocycles. The standard InChI is InChI=1S/C30H22F2N6O2/c1-16(2)30(39)37-20-7-10-22(23(32)12-20)28-25(26-27(38(28)3)18(13-33)14-36-29(26)34)17-4-8-21(9-5-17)40-24-11-6-19(31)15-35-24/h4-12,14-15H,1H2,2-3H3,(H2,34,36)(H,37,39). The van der Waals surface area contributed by atoms with Crippen LogP contribution in [0.25, 0.3) is 33.3 Å². The second kappa shape index (κ2) is 10.3. The number of rotatable bonds is 6. The number of amides is 1. The number of carbonyl (C=O) groups is 1. The number of nitrogens with zero attached hydrogens (tertiary/aromatic N) is 4. The number of carbonyl (C=O) groups excluding carboxylic acids is 1. The van der Waals surface area contributed by atoms with E-state index in [-0.39, 0.29) is 34.1 Å². The Kier molecular flexibility index (Phi) is 6.71. The van der Waals surface area contributed by atoms with Crippen LogP contribution < -0.4 is 15.8 Å². The monoisotopic (exact) mass is 536 g/mol. The van der Waals surface area contributed by atoms with Crippen LogP contribution in [0.3, 0.4) is 0 Å². The summed E-state index contributed by atoms with van der Waals surface area (Å²) in [5.41, 5.74) is 9.53. The number of aryl methyl sites for hydroxylation is 1. The molecule has 3 heterocycles. The van der Waals surface area contributed by atoms with Crippen molar-refractivity contribution in [2.45, 2.75) is 6.92 Å². The summed E-state index contributed by atoms with van der Waals surface area (Å²) >= 11 is 0. The quantitative estimate of drug-likeness (QED) is 0.244. The summed E-state index contributed by atoms with van der Waals surface area (Å²) < 4.78 is 36.3. The summed E-state index contributed by atoms with van der Waals surface area (Å²) in [4.78, 5) is 20.1. The van der Waals surface area contributed by atoms with E-state index < -0.39 is 17.5 Å². The molecule has 0 radical (unpaired) electrons. The number of pyridine rings is 2. The van der Waals surface area contributed by atoms with Crippen molar-refractivity contribution in [2.75, 3.05) is 11.1 Å². The Hall–Kier alpha value is -5.56. The summed E-state index contributed by atoms with van der Waals surface area (Å²) in [6, 6.07) is 16.0. The van der Waals surface area contributed by atoms with Crippen LogP contribution in [0.4, 0.5) is 20.3 Å². The fourth-order valence-corrected chi connectivity index (χ4v) is 4.44. The third-order valence-electron chi connectivity index (χ3n) is 6.29. The van der Waals surface area contributed by atoms with Gasteiger partial charge in [0.25, 0.3) is 5.91 Å². The molecule has 0 spiro atoms. The van der Waals surface area contributed by atoms with E-state index >= 15 is 4.39 Å². The smallest absolute Gasteiger partial charge is 0.250 e. The van der Waals surface area contributed by atoms with Gasteiger partial charge in [-0.2, -0.15) is 5.26 Å². The molecule has 40 heavy (non-hydrogen) atoms. The molecule has 0 aliphatic rings. The summed E-state index contributed by atoms with van der Waals surface area (Å²) in [6.45, 7) is 5.15. The van der Waals surface area contributed by atoms with Crippen molar-refractivity contribution in [1.82, 2.24) is 14.5 Å². The van der Waals surface area contributed by atoms with Gasteiger partial charge in [-0.05, 0) is 48.9 Å². The van der Waals surface area contributed by atoms with Crippen molar-refractivity contribution in [2.24, 2.45) is 7.05 Å². The maximum absolute atomic E-state index is 15.7. The number of nitrogens with one attached hydrogen (secondary N) is 1. The van der Waals surface area contributed by atoms with Gasteiger partial charge in [-0.25, -0.2) is 18.7 Å². The van der Waals surface area contributed by atoms with E-state index in [1.54, 1.807) is 54.9 Å². The number of aromatic nitrogens is 3. The van der Waals surface area contributed by atoms with Gasteiger partial charge in [0.05, 0.1) is 28.4 Å². The second-order valence-corrected chi connectivity index (χ2v) is 9.05. The lowest BCUT2D eigenvalue weighted by molar-refractivity contribution is -0.112. The highest BCUT2D eigenvalue weighted by Crippen LogP contribution is 2.44. The first-order valence-corrected chi connectivity index (χ1v) is 12.0. The lowest BCUT2D eigenvalue weighted by Gasteiger charge is -2.12. The van der Waals surface area contributed by atoms with Gasteiger partial charge in [-0.1, -0.05) is 18.7 Å². The molecule has 0 aliphatic heterocycles. The SMILES string of the molecule is C=C(C)C(=O)Nc1ccc(-c2c(-c3ccc(Oc4ccc(F)cn4)cc3)c3c(N)ncc(C#N)c3n2C)c(F)c1. The third kappa shape index (κ3) is 4.72. The molecule has 2 aromatic carbocycles. The largest absolute Gasteiger partial charge is 0.439 e. The van der Waals surface area contributed by atoms with Gasteiger partial charge in [-0.3, -0.25) is 4.79 Å². The molecule has 0 aliphatic carbocycles. The first kappa shape index (κ1) is 26.1. The zero-order valence-electron chi connectivity index (χ0n) is 21.5. The van der Waals surface area contributed by atoms with Crippen molar-refractivity contribution >= 4 is 28.3 Å². The number of nitrogens with two attached hydrogens (primary N) is 1. The maximum Gasteiger partial charge on any atom is 0.250 e. The fourth-order valence-electron chi connectivity index (χ4n) is 4.44. The highest BCUT2D eigenvalue weighted by molar-refractivity contribution is 6.11. The van der Waals surface area contributed by atoms with E-state index in [2.05, 4.69) is 27.9 Å². The number of hydrogen-bond acceptors (Lipinski definition) is 6. The fraction of sp³-hybridized carbons (Fsp3) is 0.0667. The van der Waals surface area contributed by atoms with Crippen LogP contribution in [0.5, 0.6) is 11.6 Å². The third-order valence-corrected chi connectivity index (χ3v) is 6.29. The van der Waals surface area contributed by atoms with Crippen LogP contribution in [0, 0.1) is 23.0 Å². The Morgan fingerprint density at radius 2 is 1.85 bits per heavy atom. The zero-order chi connectivity index (χ0) is 28.6. The van der Waals surface area contributed by atoms with Crippen molar-refractivity contribution < 1.29 is 18.3 Å². The van der Waals surface area contributed by atoms with Gasteiger partial charge in [0.2, 0.25) is 5.88 Å². The number of ether oxygens (including phenoxy) is 1. The van der Waals surface area contributed by atoms with Crippen molar-refractivity contribution in [3.05, 3.63) is 96.3 Å². The first-order chi connectivity index (χ1) is 19.2. The molecule has 5 aromatic rings. The molecule has 0 atom stereocenters. The van der Waals surface area contributed by atoms with Crippen molar-refractivity contribution in [1.29, 1.82) is 5.26 Å². The normalized spacial score (nSPS) is 10.8. The molecule has 10 heteroatoms. The summed E-state index contributed by atoms with van der Waals surface area (Å²) in [6.07, 6.45) is 2.43. The minimum absolute atomic E-state index is 0.174. The first-order valence-electron chi connectivity index (χ1n) is 12.0. The Balaban J connectivity index is 1.66. The van der Waals surface area contributed by atoms with Crippen LogP contribution in [0.1, 0.15) is 12.5 Å². The molecule has 0 bridgehead atoms. The Morgan fingerprint density at radius 1 is 1.10 bits per heavy atom. The summed E-state index contributed by atoms with van der Waals surface area (Å²) in [7, 11) is 1.72. The molecule has 3 aromatic heterocycles. The molecule has 0 unspecified atom stereocenters. The number of hydrogen-bond donors (Lipinski definition) is 2. The molecular weight excluding hydrogens is 514 g/mol. The molecule has 8 nitrogen and oxygen atoms in total. The number of anilines is 2. The molecule has 198 valence electrons. The number of fused-ring (bicyclic) bond motifs is 1. The van der Waals surface area contributed by atoms with E-state index in [1.807, 2.05) is 0 Å². The number of halogens is 2. The molecular formula is C30H22F2N6O2. The van der Waals surface area contributed by atoms with E-state index in [1.165, 1.54) is 24.4 Å². The number of benzene rings is 2. The van der Waals surface area contributed by atoms with E-state index in [4.69, 9.17) is 10.5 Å². The van der Waals surface area contributed by atoms with Gasteiger partial charge >= 0.3 is 0 Å². The molecule has 1 amide bonds. The van der Waals surface area contributed by atoms with E-state index in [9.17, 15) is 14.4 Å². The topological polar surface area (TPSA) is 119 Å². The van der Waals surface area contributed by atoms with Crippen LogP contribution in [-0.4, -0.2) is 20.4 Å². The Bertz CT molecular complexity index is 1840. The van der Waals surface area contributed by atoms with Crippen molar-refractivity contribution in [3.8, 4) is 40.1 Å². The van der Waals surface area contributed by atoms with Gasteiger partial charge in [-0.15, -0.1) is 0 Å². The van der Waals surface area contributed by atoms with Crippen molar-refractivity contribution in [3.63, 3.8) is 0 Å². The van der Waals surface area contributed by atoms with Gasteiger partial charge in [0.1, 0.15) is 29.3 Å². The predicted octanol–water partition coefficient (Wildman–Crippen LogP) is 6.34. The van der Waals surface area contributed by atoms with Gasteiger partial charge in [0, 0.05) is 41.7 Å². The summed E-state index contributed by atoms with van der Waals surface area (Å²) in [5, 5.41) is 12.9. The minimum atomic E-state index is -0.598. The molecule has 0 saturated carbocycles.